The molecular formula is C9H12N2O5. The molecule has 0 bridgehead atoms. The lowest BCUT2D eigenvalue weighted by Gasteiger charge is -2.08. The zero-order valence-electron chi connectivity index (χ0n) is 8.74. The SMILES string of the molecule is CCOC(=O)CC(=O)NC1CC(=O)NC1=O. The van der Waals surface area contributed by atoms with Crippen LogP contribution in [0.3, 0.4) is 0 Å². The molecule has 0 radical (unpaired) electrons. The molecule has 0 aromatic rings. The number of amides is 3. The number of rotatable bonds is 4. The number of ether oxygens (including phenoxy) is 1. The van der Waals surface area contributed by atoms with Gasteiger partial charge in [0, 0.05) is 0 Å². The summed E-state index contributed by atoms with van der Waals surface area (Å²) in [5, 5.41) is 4.32. The van der Waals surface area contributed by atoms with Crippen molar-refractivity contribution in [2.75, 3.05) is 6.61 Å². The van der Waals surface area contributed by atoms with Gasteiger partial charge in [0.2, 0.25) is 17.7 Å². The van der Waals surface area contributed by atoms with Gasteiger partial charge in [0.05, 0.1) is 13.0 Å². The number of esters is 1. The van der Waals surface area contributed by atoms with Gasteiger partial charge >= 0.3 is 5.97 Å². The highest BCUT2D eigenvalue weighted by Crippen LogP contribution is 2.01. The van der Waals surface area contributed by atoms with Gasteiger partial charge in [-0.1, -0.05) is 0 Å². The molecule has 0 aliphatic carbocycles. The predicted octanol–water partition coefficient (Wildman–Crippen LogP) is -1.53. The van der Waals surface area contributed by atoms with Gasteiger partial charge in [-0.05, 0) is 6.92 Å². The van der Waals surface area contributed by atoms with E-state index in [-0.39, 0.29) is 13.0 Å². The van der Waals surface area contributed by atoms with Crippen LogP contribution in [-0.2, 0) is 23.9 Å². The molecule has 1 aliphatic heterocycles. The highest BCUT2D eigenvalue weighted by Gasteiger charge is 2.31. The van der Waals surface area contributed by atoms with E-state index in [0.717, 1.165) is 0 Å². The first-order valence-corrected chi connectivity index (χ1v) is 4.81. The lowest BCUT2D eigenvalue weighted by Crippen LogP contribution is -2.41. The van der Waals surface area contributed by atoms with Gasteiger partial charge in [0.1, 0.15) is 12.5 Å². The largest absolute Gasteiger partial charge is 0.466 e. The maximum atomic E-state index is 11.2. The molecule has 0 saturated carbocycles. The fraction of sp³-hybridized carbons (Fsp3) is 0.556. The summed E-state index contributed by atoms with van der Waals surface area (Å²) in [7, 11) is 0. The molecule has 2 N–H and O–H groups in total. The summed E-state index contributed by atoms with van der Waals surface area (Å²) in [6.07, 6.45) is -0.542. The Balaban J connectivity index is 2.37. The molecule has 0 spiro atoms. The lowest BCUT2D eigenvalue weighted by atomic mass is 10.2. The number of carbonyl (C=O) groups is 4. The van der Waals surface area contributed by atoms with E-state index >= 15 is 0 Å². The van der Waals surface area contributed by atoms with E-state index in [2.05, 4.69) is 10.1 Å². The van der Waals surface area contributed by atoms with E-state index in [1.165, 1.54) is 0 Å². The molecule has 88 valence electrons. The van der Waals surface area contributed by atoms with Gasteiger partial charge in [-0.3, -0.25) is 24.5 Å². The van der Waals surface area contributed by atoms with Gasteiger partial charge in [0.15, 0.2) is 0 Å². The molecule has 3 amide bonds. The monoisotopic (exact) mass is 228 g/mol. The second-order valence-electron chi connectivity index (χ2n) is 3.22. The molecule has 1 atom stereocenters. The molecule has 1 aliphatic rings. The van der Waals surface area contributed by atoms with Crippen LogP contribution < -0.4 is 10.6 Å². The maximum absolute atomic E-state index is 11.2. The molecular weight excluding hydrogens is 216 g/mol. The third-order valence-electron chi connectivity index (χ3n) is 1.91. The normalized spacial score (nSPS) is 19.2. The van der Waals surface area contributed by atoms with Crippen LogP contribution in [0.25, 0.3) is 0 Å². The quantitative estimate of drug-likeness (QED) is 0.345. The smallest absolute Gasteiger partial charge is 0.315 e. The van der Waals surface area contributed by atoms with Crippen LogP contribution in [0.15, 0.2) is 0 Å². The second kappa shape index (κ2) is 5.24. The number of hydrogen-bond donors (Lipinski definition) is 2. The van der Waals surface area contributed by atoms with E-state index in [1.54, 1.807) is 6.92 Å². The summed E-state index contributed by atoms with van der Waals surface area (Å²) in [6.45, 7) is 1.81. The van der Waals surface area contributed by atoms with Gasteiger partial charge < -0.3 is 10.1 Å². The Kier molecular flexibility index (Phi) is 3.98. The summed E-state index contributed by atoms with van der Waals surface area (Å²) in [6, 6.07) is -0.880. The first-order valence-electron chi connectivity index (χ1n) is 4.81. The van der Waals surface area contributed by atoms with Gasteiger partial charge in [-0.25, -0.2) is 0 Å². The average molecular weight is 228 g/mol. The molecule has 0 aromatic heterocycles. The van der Waals surface area contributed by atoms with Gasteiger partial charge in [0.25, 0.3) is 0 Å². The highest BCUT2D eigenvalue weighted by atomic mass is 16.5. The molecule has 16 heavy (non-hydrogen) atoms. The second-order valence-corrected chi connectivity index (χ2v) is 3.22. The minimum atomic E-state index is -0.880. The van der Waals surface area contributed by atoms with E-state index in [9.17, 15) is 19.2 Å². The van der Waals surface area contributed by atoms with Crippen LogP contribution in [0.1, 0.15) is 19.8 Å². The van der Waals surface area contributed by atoms with Crippen molar-refractivity contribution in [2.45, 2.75) is 25.8 Å². The zero-order chi connectivity index (χ0) is 12.1. The Labute approximate surface area is 91.5 Å². The average Bonchev–Trinajstić information content (AvgIpc) is 2.44. The molecule has 7 heteroatoms. The third kappa shape index (κ3) is 3.34. The van der Waals surface area contributed by atoms with Crippen molar-refractivity contribution in [3.8, 4) is 0 Å². The third-order valence-corrected chi connectivity index (χ3v) is 1.91. The zero-order valence-corrected chi connectivity index (χ0v) is 8.74. The first-order chi connectivity index (χ1) is 7.52. The number of hydrogen-bond acceptors (Lipinski definition) is 5. The fourth-order valence-corrected chi connectivity index (χ4v) is 1.26. The molecule has 1 heterocycles. The Morgan fingerprint density at radius 3 is 2.69 bits per heavy atom. The Hall–Kier alpha value is -1.92. The van der Waals surface area contributed by atoms with Gasteiger partial charge in [-0.2, -0.15) is 0 Å². The summed E-state index contributed by atoms with van der Waals surface area (Å²) < 4.78 is 4.56. The molecule has 7 nitrogen and oxygen atoms in total. The van der Waals surface area contributed by atoms with E-state index in [0.29, 0.717) is 0 Å². The van der Waals surface area contributed by atoms with Crippen molar-refractivity contribution in [1.29, 1.82) is 0 Å². The first kappa shape index (κ1) is 12.2. The summed E-state index contributed by atoms with van der Waals surface area (Å²) in [5.41, 5.74) is 0. The number of imide groups is 1. The summed E-state index contributed by atoms with van der Waals surface area (Å²) in [5.74, 6) is -2.29. The lowest BCUT2D eigenvalue weighted by molar-refractivity contribution is -0.146. The minimum Gasteiger partial charge on any atom is -0.466 e. The van der Waals surface area contributed by atoms with Crippen molar-refractivity contribution in [3.63, 3.8) is 0 Å². The van der Waals surface area contributed by atoms with Crippen molar-refractivity contribution in [3.05, 3.63) is 0 Å². The van der Waals surface area contributed by atoms with Crippen molar-refractivity contribution < 1.29 is 23.9 Å². The Morgan fingerprint density at radius 1 is 1.50 bits per heavy atom. The predicted molar refractivity (Wildman–Crippen MR) is 50.9 cm³/mol. The molecule has 1 fully saturated rings. The van der Waals surface area contributed by atoms with E-state index < -0.39 is 36.2 Å². The molecule has 1 unspecified atom stereocenters. The van der Waals surface area contributed by atoms with E-state index in [1.807, 2.05) is 5.32 Å². The maximum Gasteiger partial charge on any atom is 0.315 e. The molecule has 1 saturated heterocycles. The van der Waals surface area contributed by atoms with Gasteiger partial charge in [-0.15, -0.1) is 0 Å². The highest BCUT2D eigenvalue weighted by molar-refractivity contribution is 6.07. The topological polar surface area (TPSA) is 102 Å². The fourth-order valence-electron chi connectivity index (χ4n) is 1.26. The Morgan fingerprint density at radius 2 is 2.19 bits per heavy atom. The van der Waals surface area contributed by atoms with Crippen LogP contribution in [-0.4, -0.2) is 36.3 Å². The molecule has 0 aromatic carbocycles. The van der Waals surface area contributed by atoms with Crippen molar-refractivity contribution >= 4 is 23.7 Å². The molecule has 1 rings (SSSR count). The minimum absolute atomic E-state index is 0.0899. The van der Waals surface area contributed by atoms with Crippen LogP contribution in [0.4, 0.5) is 0 Å². The summed E-state index contributed by atoms with van der Waals surface area (Å²) >= 11 is 0. The number of carbonyl (C=O) groups excluding carboxylic acids is 4. The Bertz CT molecular complexity index is 339. The van der Waals surface area contributed by atoms with Crippen LogP contribution in [0, 0.1) is 0 Å². The van der Waals surface area contributed by atoms with Crippen LogP contribution >= 0.6 is 0 Å². The van der Waals surface area contributed by atoms with Crippen molar-refractivity contribution in [1.82, 2.24) is 10.6 Å². The van der Waals surface area contributed by atoms with E-state index in [4.69, 9.17) is 0 Å². The summed E-state index contributed by atoms with van der Waals surface area (Å²) in [4.78, 5) is 44.0. The van der Waals surface area contributed by atoms with Crippen LogP contribution in [0.5, 0.6) is 0 Å². The standard InChI is InChI=1S/C9H12N2O5/c1-2-16-8(14)4-7(13)10-5-3-6(12)11-9(5)15/h5H,2-4H2,1H3,(H,10,13)(H,11,12,15). The van der Waals surface area contributed by atoms with Crippen LogP contribution in [0.2, 0.25) is 0 Å². The number of nitrogens with one attached hydrogen (secondary N) is 2. The van der Waals surface area contributed by atoms with Crippen molar-refractivity contribution in [2.24, 2.45) is 0 Å².